The Hall–Kier alpha value is -2.08. The molecule has 2 aromatic rings. The molecule has 128 valence electrons. The van der Waals surface area contributed by atoms with E-state index >= 15 is 0 Å². The number of piperidine rings is 1. The van der Waals surface area contributed by atoms with E-state index in [1.807, 2.05) is 19.1 Å². The minimum absolute atomic E-state index is 0.119. The summed E-state index contributed by atoms with van der Waals surface area (Å²) < 4.78 is 7.04. The van der Waals surface area contributed by atoms with Gasteiger partial charge in [0.05, 0.1) is 18.2 Å². The number of ether oxygens (including phenoxy) is 1. The van der Waals surface area contributed by atoms with Gasteiger partial charge in [-0.2, -0.15) is 9.61 Å². The zero-order valence-electron chi connectivity index (χ0n) is 13.7. The molecule has 0 aliphatic carbocycles. The molecule has 3 heterocycles. The smallest absolute Gasteiger partial charge is 0.312 e. The molecule has 0 unspecified atom stereocenters. The maximum atomic E-state index is 12.4. The second kappa shape index (κ2) is 6.81. The predicted molar refractivity (Wildman–Crippen MR) is 93.3 cm³/mol. The van der Waals surface area contributed by atoms with Gasteiger partial charge in [0.2, 0.25) is 0 Å². The van der Waals surface area contributed by atoms with Crippen LogP contribution in [-0.2, 0) is 9.53 Å². The number of fused-ring (bicyclic) bond motifs is 1. The highest BCUT2D eigenvalue weighted by Gasteiger charge is 2.42. The first-order valence-corrected chi connectivity index (χ1v) is 8.50. The van der Waals surface area contributed by atoms with Crippen molar-refractivity contribution in [2.75, 3.05) is 24.6 Å². The number of nitrogens with zero attached hydrogens (tertiary/aromatic N) is 4. The molecule has 0 saturated carbocycles. The number of carbonyl (C=O) groups is 1. The predicted octanol–water partition coefficient (Wildman–Crippen LogP) is 3.11. The average Bonchev–Trinajstić information content (AvgIpc) is 2.97. The van der Waals surface area contributed by atoms with E-state index in [1.165, 1.54) is 0 Å². The molecule has 0 bridgehead atoms. The van der Waals surface area contributed by atoms with Crippen LogP contribution in [0.2, 0.25) is 5.02 Å². The molecule has 0 N–H and O–H groups in total. The quantitative estimate of drug-likeness (QED) is 0.613. The van der Waals surface area contributed by atoms with Crippen molar-refractivity contribution in [3.63, 3.8) is 0 Å². The normalized spacial score (nSPS) is 17.0. The third-order valence-electron chi connectivity index (χ3n) is 4.63. The third-order valence-corrected chi connectivity index (χ3v) is 4.89. The van der Waals surface area contributed by atoms with Crippen molar-refractivity contribution in [3.8, 4) is 0 Å². The number of hydrogen-bond acceptors (Lipinski definition) is 5. The van der Waals surface area contributed by atoms with Crippen molar-refractivity contribution >= 4 is 29.0 Å². The lowest BCUT2D eigenvalue weighted by Crippen LogP contribution is -2.45. The summed E-state index contributed by atoms with van der Waals surface area (Å²) >= 11 is 6.11. The van der Waals surface area contributed by atoms with Crippen LogP contribution in [0.4, 0.5) is 5.82 Å². The summed E-state index contributed by atoms with van der Waals surface area (Å²) in [6.45, 7) is 7.52. The molecule has 0 spiro atoms. The van der Waals surface area contributed by atoms with Gasteiger partial charge in [-0.15, -0.1) is 6.58 Å². The molecule has 24 heavy (non-hydrogen) atoms. The summed E-state index contributed by atoms with van der Waals surface area (Å²) in [4.78, 5) is 18.9. The number of rotatable bonds is 5. The number of esters is 1. The molecule has 1 aliphatic heterocycles. The van der Waals surface area contributed by atoms with Gasteiger partial charge in [0.1, 0.15) is 10.8 Å². The third kappa shape index (κ3) is 2.86. The second-order valence-corrected chi connectivity index (χ2v) is 6.42. The van der Waals surface area contributed by atoms with E-state index in [9.17, 15) is 4.79 Å². The lowest BCUT2D eigenvalue weighted by molar-refractivity contribution is -0.156. The first kappa shape index (κ1) is 16.8. The van der Waals surface area contributed by atoms with Crippen LogP contribution >= 0.6 is 11.6 Å². The van der Waals surface area contributed by atoms with Crippen LogP contribution in [0.5, 0.6) is 0 Å². The summed E-state index contributed by atoms with van der Waals surface area (Å²) in [6, 6.07) is 1.92. The molecule has 1 aliphatic rings. The fourth-order valence-electron chi connectivity index (χ4n) is 3.31. The number of hydrogen-bond donors (Lipinski definition) is 0. The summed E-state index contributed by atoms with van der Waals surface area (Å²) in [7, 11) is 0. The topological polar surface area (TPSA) is 59.7 Å². The van der Waals surface area contributed by atoms with Crippen LogP contribution in [-0.4, -0.2) is 40.3 Å². The molecule has 1 fully saturated rings. The maximum Gasteiger partial charge on any atom is 0.312 e. The van der Waals surface area contributed by atoms with Gasteiger partial charge in [0.25, 0.3) is 0 Å². The van der Waals surface area contributed by atoms with E-state index in [4.69, 9.17) is 16.3 Å². The van der Waals surface area contributed by atoms with Crippen LogP contribution in [0.1, 0.15) is 26.2 Å². The monoisotopic (exact) mass is 348 g/mol. The lowest BCUT2D eigenvalue weighted by Gasteiger charge is -2.40. The Kier molecular flexibility index (Phi) is 4.76. The minimum Gasteiger partial charge on any atom is -0.466 e. The number of anilines is 1. The standard InChI is InChI=1S/C17H21ClN4O2/c1-3-6-17(16(23)24-4-2)7-10-21(11-8-17)14-5-9-19-15-13(18)12-20-22(14)15/h3,5,9,12H,1,4,6-8,10-11H2,2H3. The minimum atomic E-state index is -0.470. The van der Waals surface area contributed by atoms with Crippen molar-refractivity contribution in [3.05, 3.63) is 36.1 Å². The number of allylic oxidation sites excluding steroid dienone is 1. The van der Waals surface area contributed by atoms with Crippen LogP contribution < -0.4 is 4.90 Å². The van der Waals surface area contributed by atoms with Crippen LogP contribution in [0.15, 0.2) is 31.1 Å². The van der Waals surface area contributed by atoms with Crippen molar-refractivity contribution in [2.45, 2.75) is 26.2 Å². The van der Waals surface area contributed by atoms with Gasteiger partial charge < -0.3 is 9.64 Å². The first-order chi connectivity index (χ1) is 11.6. The zero-order valence-corrected chi connectivity index (χ0v) is 14.5. The Morgan fingerprint density at radius 2 is 2.25 bits per heavy atom. The Morgan fingerprint density at radius 3 is 2.92 bits per heavy atom. The van der Waals surface area contributed by atoms with E-state index in [-0.39, 0.29) is 5.97 Å². The molecular formula is C17H21ClN4O2. The highest BCUT2D eigenvalue weighted by molar-refractivity contribution is 6.33. The molecule has 3 rings (SSSR count). The van der Waals surface area contributed by atoms with Gasteiger partial charge in [-0.05, 0) is 32.3 Å². The average molecular weight is 349 g/mol. The van der Waals surface area contributed by atoms with E-state index in [1.54, 1.807) is 16.9 Å². The van der Waals surface area contributed by atoms with Gasteiger partial charge in [-0.25, -0.2) is 4.98 Å². The molecule has 0 aromatic carbocycles. The van der Waals surface area contributed by atoms with Gasteiger partial charge in [-0.1, -0.05) is 17.7 Å². The Labute approximate surface area is 146 Å². The van der Waals surface area contributed by atoms with Gasteiger partial charge >= 0.3 is 5.97 Å². The highest BCUT2D eigenvalue weighted by Crippen LogP contribution is 2.38. The summed E-state index contributed by atoms with van der Waals surface area (Å²) in [5.41, 5.74) is 0.171. The number of halogens is 1. The van der Waals surface area contributed by atoms with Gasteiger partial charge in [0.15, 0.2) is 5.65 Å². The van der Waals surface area contributed by atoms with E-state index in [0.29, 0.717) is 23.7 Å². The van der Waals surface area contributed by atoms with E-state index < -0.39 is 5.41 Å². The van der Waals surface area contributed by atoms with Crippen molar-refractivity contribution in [1.82, 2.24) is 14.6 Å². The molecule has 2 aromatic heterocycles. The van der Waals surface area contributed by atoms with Crippen molar-refractivity contribution in [1.29, 1.82) is 0 Å². The summed E-state index contributed by atoms with van der Waals surface area (Å²) in [5, 5.41) is 4.83. The van der Waals surface area contributed by atoms with Gasteiger partial charge in [0, 0.05) is 19.3 Å². The summed E-state index contributed by atoms with van der Waals surface area (Å²) in [6.07, 6.45) is 7.21. The van der Waals surface area contributed by atoms with Crippen molar-refractivity contribution < 1.29 is 9.53 Å². The Bertz CT molecular complexity index is 750. The molecule has 6 nitrogen and oxygen atoms in total. The van der Waals surface area contributed by atoms with Gasteiger partial charge in [-0.3, -0.25) is 4.79 Å². The number of carbonyl (C=O) groups excluding carboxylic acids is 1. The molecule has 0 radical (unpaired) electrons. The second-order valence-electron chi connectivity index (χ2n) is 6.01. The molecule has 0 atom stereocenters. The molecule has 7 heteroatoms. The van der Waals surface area contributed by atoms with E-state index in [2.05, 4.69) is 21.6 Å². The number of aromatic nitrogens is 3. The SMILES string of the molecule is C=CCC1(C(=O)OCC)CCN(c2ccnc3c(Cl)cnn23)CC1. The summed E-state index contributed by atoms with van der Waals surface area (Å²) in [5.74, 6) is 0.814. The fraction of sp³-hybridized carbons (Fsp3) is 0.471. The lowest BCUT2D eigenvalue weighted by atomic mass is 9.75. The molecule has 0 amide bonds. The van der Waals surface area contributed by atoms with Crippen LogP contribution in [0.3, 0.4) is 0 Å². The highest BCUT2D eigenvalue weighted by atomic mass is 35.5. The Balaban J connectivity index is 1.82. The van der Waals surface area contributed by atoms with E-state index in [0.717, 1.165) is 31.7 Å². The first-order valence-electron chi connectivity index (χ1n) is 8.12. The molecule has 1 saturated heterocycles. The Morgan fingerprint density at radius 1 is 1.50 bits per heavy atom. The van der Waals surface area contributed by atoms with Crippen LogP contribution in [0, 0.1) is 5.41 Å². The zero-order chi connectivity index (χ0) is 17.2. The maximum absolute atomic E-state index is 12.4. The fourth-order valence-corrected chi connectivity index (χ4v) is 3.48. The largest absolute Gasteiger partial charge is 0.466 e. The molecular weight excluding hydrogens is 328 g/mol. The van der Waals surface area contributed by atoms with Crippen molar-refractivity contribution in [2.24, 2.45) is 5.41 Å². The van der Waals surface area contributed by atoms with Crippen LogP contribution in [0.25, 0.3) is 5.65 Å².